The number of nitrogens with zero attached hydrogens (tertiary/aromatic N) is 1. The van der Waals surface area contributed by atoms with Crippen molar-refractivity contribution in [3.8, 4) is 0 Å². The van der Waals surface area contributed by atoms with E-state index >= 15 is 0 Å². The quantitative estimate of drug-likeness (QED) is 0.794. The average molecular weight is 304 g/mol. The van der Waals surface area contributed by atoms with Gasteiger partial charge in [0.1, 0.15) is 0 Å². The lowest BCUT2D eigenvalue weighted by Crippen LogP contribution is -2.44. The van der Waals surface area contributed by atoms with Crippen LogP contribution in [-0.2, 0) is 0 Å². The maximum Gasteiger partial charge on any atom is 0.255 e. The van der Waals surface area contributed by atoms with E-state index in [9.17, 15) is 9.90 Å². The second kappa shape index (κ2) is 8.18. The number of nitrogens with one attached hydrogen (secondary N) is 1. The van der Waals surface area contributed by atoms with Crippen LogP contribution in [-0.4, -0.2) is 42.2 Å². The van der Waals surface area contributed by atoms with E-state index in [1.807, 2.05) is 29.2 Å². The van der Waals surface area contributed by atoms with Gasteiger partial charge in [0.2, 0.25) is 0 Å². The molecule has 1 aromatic carbocycles. The molecule has 1 aliphatic rings. The van der Waals surface area contributed by atoms with Crippen molar-refractivity contribution in [2.75, 3.05) is 31.6 Å². The fourth-order valence-corrected chi connectivity index (χ4v) is 3.17. The lowest BCUT2D eigenvalue weighted by molar-refractivity contribution is 0.0534. The molecular formula is C18H28N2O2. The minimum absolute atomic E-state index is 0.0737. The minimum atomic E-state index is 0.0737. The number of carbonyl (C=O) groups excluding carboxylic acids is 1. The minimum Gasteiger partial charge on any atom is -0.396 e. The van der Waals surface area contributed by atoms with Gasteiger partial charge in [0, 0.05) is 31.9 Å². The number of likely N-dealkylation sites (tertiary alicyclic amines) is 1. The normalized spacial score (nSPS) is 21.7. The summed E-state index contributed by atoms with van der Waals surface area (Å²) in [5.74, 6) is 0.715. The van der Waals surface area contributed by atoms with Gasteiger partial charge in [0.05, 0.1) is 5.56 Å². The maximum atomic E-state index is 12.9. The number of amides is 1. The largest absolute Gasteiger partial charge is 0.396 e. The van der Waals surface area contributed by atoms with E-state index in [1.165, 1.54) is 0 Å². The zero-order valence-electron chi connectivity index (χ0n) is 13.7. The Labute approximate surface area is 133 Å². The van der Waals surface area contributed by atoms with Gasteiger partial charge in [0.15, 0.2) is 0 Å². The van der Waals surface area contributed by atoms with E-state index in [1.54, 1.807) is 0 Å². The average Bonchev–Trinajstić information content (AvgIpc) is 2.54. The first-order valence-electron chi connectivity index (χ1n) is 8.38. The summed E-state index contributed by atoms with van der Waals surface area (Å²) in [4.78, 5) is 14.8. The highest BCUT2D eigenvalue weighted by Crippen LogP contribution is 2.25. The Morgan fingerprint density at radius 1 is 1.36 bits per heavy atom. The first-order valence-corrected chi connectivity index (χ1v) is 8.38. The number of unbranched alkanes of at least 4 members (excludes halogenated alkanes) is 1. The standard InChI is InChI=1S/C18H28N2O2/c1-3-4-9-19-17-8-6-5-7-16(17)18(22)20-11-14(2)10-15(12-20)13-21/h5-8,14-15,19,21H,3-4,9-13H2,1-2H3. The number of para-hydroxylation sites is 1. The molecule has 0 radical (unpaired) electrons. The van der Waals surface area contributed by atoms with Gasteiger partial charge in [0.25, 0.3) is 5.91 Å². The molecule has 2 atom stereocenters. The molecule has 1 aliphatic heterocycles. The van der Waals surface area contributed by atoms with Gasteiger partial charge in [-0.1, -0.05) is 32.4 Å². The number of hydrogen-bond donors (Lipinski definition) is 2. The van der Waals surface area contributed by atoms with E-state index in [4.69, 9.17) is 0 Å². The van der Waals surface area contributed by atoms with Crippen molar-refractivity contribution in [3.63, 3.8) is 0 Å². The van der Waals surface area contributed by atoms with Gasteiger partial charge in [-0.05, 0) is 36.8 Å². The molecule has 2 unspecified atom stereocenters. The summed E-state index contributed by atoms with van der Waals surface area (Å²) >= 11 is 0. The third kappa shape index (κ3) is 4.23. The van der Waals surface area contributed by atoms with Gasteiger partial charge >= 0.3 is 0 Å². The summed E-state index contributed by atoms with van der Waals surface area (Å²) in [5, 5.41) is 12.8. The molecule has 0 spiro atoms. The molecule has 1 fully saturated rings. The number of aliphatic hydroxyl groups is 1. The number of benzene rings is 1. The van der Waals surface area contributed by atoms with E-state index in [0.717, 1.165) is 43.6 Å². The number of aliphatic hydroxyl groups excluding tert-OH is 1. The molecule has 1 aromatic rings. The summed E-state index contributed by atoms with van der Waals surface area (Å²) in [7, 11) is 0. The van der Waals surface area contributed by atoms with Crippen molar-refractivity contribution in [3.05, 3.63) is 29.8 Å². The summed E-state index contributed by atoms with van der Waals surface area (Å²) in [6.45, 7) is 6.78. The fraction of sp³-hybridized carbons (Fsp3) is 0.611. The molecule has 1 heterocycles. The summed E-state index contributed by atoms with van der Waals surface area (Å²) < 4.78 is 0. The molecule has 0 aromatic heterocycles. The number of rotatable bonds is 6. The molecule has 0 aliphatic carbocycles. The molecule has 4 nitrogen and oxygen atoms in total. The fourth-order valence-electron chi connectivity index (χ4n) is 3.17. The van der Waals surface area contributed by atoms with E-state index in [-0.39, 0.29) is 18.4 Å². The molecule has 0 saturated carbocycles. The van der Waals surface area contributed by atoms with E-state index < -0.39 is 0 Å². The number of anilines is 1. The first kappa shape index (κ1) is 16.8. The lowest BCUT2D eigenvalue weighted by Gasteiger charge is -2.36. The Hall–Kier alpha value is -1.55. The van der Waals surface area contributed by atoms with Crippen LogP contribution >= 0.6 is 0 Å². The number of hydrogen-bond acceptors (Lipinski definition) is 3. The van der Waals surface area contributed by atoms with Crippen molar-refractivity contribution >= 4 is 11.6 Å². The molecular weight excluding hydrogens is 276 g/mol. The zero-order chi connectivity index (χ0) is 15.9. The monoisotopic (exact) mass is 304 g/mol. The van der Waals surface area contributed by atoms with Crippen LogP contribution in [0.4, 0.5) is 5.69 Å². The van der Waals surface area contributed by atoms with Gasteiger partial charge in [-0.3, -0.25) is 4.79 Å². The van der Waals surface area contributed by atoms with Crippen molar-refractivity contribution in [2.45, 2.75) is 33.1 Å². The maximum absolute atomic E-state index is 12.9. The van der Waals surface area contributed by atoms with Crippen LogP contribution in [0.25, 0.3) is 0 Å². The van der Waals surface area contributed by atoms with Gasteiger partial charge in [-0.25, -0.2) is 0 Å². The molecule has 2 N–H and O–H groups in total. The Balaban J connectivity index is 2.11. The lowest BCUT2D eigenvalue weighted by atomic mass is 9.90. The van der Waals surface area contributed by atoms with Crippen LogP contribution < -0.4 is 5.32 Å². The Morgan fingerprint density at radius 2 is 2.14 bits per heavy atom. The third-order valence-electron chi connectivity index (χ3n) is 4.30. The molecule has 4 heteroatoms. The Morgan fingerprint density at radius 3 is 2.86 bits per heavy atom. The smallest absolute Gasteiger partial charge is 0.255 e. The molecule has 1 saturated heterocycles. The zero-order valence-corrected chi connectivity index (χ0v) is 13.7. The van der Waals surface area contributed by atoms with Gasteiger partial charge < -0.3 is 15.3 Å². The molecule has 122 valence electrons. The Bertz CT molecular complexity index is 490. The molecule has 0 bridgehead atoms. The topological polar surface area (TPSA) is 52.6 Å². The predicted octanol–water partition coefficient (Wildman–Crippen LogP) is 2.99. The predicted molar refractivity (Wildman–Crippen MR) is 90.1 cm³/mol. The van der Waals surface area contributed by atoms with Crippen molar-refractivity contribution < 1.29 is 9.90 Å². The summed E-state index contributed by atoms with van der Waals surface area (Å²) in [6, 6.07) is 7.74. The summed E-state index contributed by atoms with van der Waals surface area (Å²) in [5.41, 5.74) is 1.66. The highest BCUT2D eigenvalue weighted by Gasteiger charge is 2.28. The first-order chi connectivity index (χ1) is 10.7. The van der Waals surface area contributed by atoms with Gasteiger partial charge in [-0.2, -0.15) is 0 Å². The van der Waals surface area contributed by atoms with E-state index in [2.05, 4.69) is 19.2 Å². The number of carbonyl (C=O) groups is 1. The third-order valence-corrected chi connectivity index (χ3v) is 4.30. The molecule has 22 heavy (non-hydrogen) atoms. The van der Waals surface area contributed by atoms with Gasteiger partial charge in [-0.15, -0.1) is 0 Å². The number of piperidine rings is 1. The van der Waals surface area contributed by atoms with Crippen molar-refractivity contribution in [1.82, 2.24) is 4.90 Å². The second-order valence-electron chi connectivity index (χ2n) is 6.43. The van der Waals surface area contributed by atoms with Crippen molar-refractivity contribution in [2.24, 2.45) is 11.8 Å². The second-order valence-corrected chi connectivity index (χ2v) is 6.43. The highest BCUT2D eigenvalue weighted by molar-refractivity contribution is 5.99. The van der Waals surface area contributed by atoms with Crippen LogP contribution in [0.3, 0.4) is 0 Å². The van der Waals surface area contributed by atoms with Crippen LogP contribution in [0.15, 0.2) is 24.3 Å². The summed E-state index contributed by atoms with van der Waals surface area (Å²) in [6.07, 6.45) is 3.22. The van der Waals surface area contributed by atoms with Crippen LogP contribution in [0.2, 0.25) is 0 Å². The Kier molecular flexibility index (Phi) is 6.25. The van der Waals surface area contributed by atoms with Crippen LogP contribution in [0, 0.1) is 11.8 Å². The molecule has 2 rings (SSSR count). The van der Waals surface area contributed by atoms with Crippen molar-refractivity contribution in [1.29, 1.82) is 0 Å². The van der Waals surface area contributed by atoms with Crippen LogP contribution in [0.5, 0.6) is 0 Å². The van der Waals surface area contributed by atoms with E-state index in [0.29, 0.717) is 12.5 Å². The highest BCUT2D eigenvalue weighted by atomic mass is 16.3. The SMILES string of the molecule is CCCCNc1ccccc1C(=O)N1CC(C)CC(CO)C1. The molecule has 1 amide bonds. The van der Waals surface area contributed by atoms with Crippen LogP contribution in [0.1, 0.15) is 43.5 Å².